The lowest BCUT2D eigenvalue weighted by Crippen LogP contribution is -2.64. The van der Waals surface area contributed by atoms with Crippen LogP contribution in [0.2, 0.25) is 0 Å². The molecule has 11 nitrogen and oxygen atoms in total. The lowest BCUT2D eigenvalue weighted by molar-refractivity contribution is 0.0509. The topological polar surface area (TPSA) is 131 Å². The van der Waals surface area contributed by atoms with Crippen molar-refractivity contribution >= 4 is 27.7 Å². The number of amides is 1. The third-order valence-corrected chi connectivity index (χ3v) is 11.0. The normalized spacial score (nSPS) is 20.0. The van der Waals surface area contributed by atoms with Gasteiger partial charge in [-0.1, -0.05) is 72.7 Å². The van der Waals surface area contributed by atoms with Crippen LogP contribution in [0.3, 0.4) is 0 Å². The van der Waals surface area contributed by atoms with Crippen molar-refractivity contribution in [1.29, 1.82) is 0 Å². The third-order valence-electron chi connectivity index (χ3n) is 9.67. The third kappa shape index (κ3) is 7.71. The molecule has 2 aliphatic heterocycles. The standard InChI is InChI=1S/C39H49N7O4S/c1-24(2)35-39(8,9)23-46(35)32-20-40-19-28(41-32)21-45-29(18-38(5,6)7)22-50-33-17-31(34-25(3)12-10-13-26(34)4)42-37(43-33)44-51(48,49)30-15-11-14-27(16-30)36(45)47/h10-17,19-20,24,29,35H,18,21-23H2,1-9H3,(H,42,43,44)/t29-,35+/m1/s1. The summed E-state index contributed by atoms with van der Waals surface area (Å²) >= 11 is 0. The lowest BCUT2D eigenvalue weighted by atomic mass is 9.70. The number of nitrogens with one attached hydrogen (secondary N) is 1. The highest BCUT2D eigenvalue weighted by molar-refractivity contribution is 7.92. The Morgan fingerprint density at radius 2 is 1.71 bits per heavy atom. The van der Waals surface area contributed by atoms with E-state index in [1.165, 1.54) is 12.1 Å². The molecule has 2 aliphatic rings. The number of nitrogens with zero attached hydrogens (tertiary/aromatic N) is 6. The molecule has 270 valence electrons. The zero-order chi connectivity index (χ0) is 36.9. The van der Waals surface area contributed by atoms with Crippen LogP contribution < -0.4 is 14.4 Å². The van der Waals surface area contributed by atoms with E-state index in [4.69, 9.17) is 9.72 Å². The van der Waals surface area contributed by atoms with Gasteiger partial charge in [0.25, 0.3) is 15.9 Å². The van der Waals surface area contributed by atoms with Crippen molar-refractivity contribution in [2.45, 2.75) is 92.3 Å². The van der Waals surface area contributed by atoms with Crippen LogP contribution in [0.4, 0.5) is 11.8 Å². The van der Waals surface area contributed by atoms with Crippen molar-refractivity contribution in [3.05, 3.63) is 83.3 Å². The van der Waals surface area contributed by atoms with Crippen molar-refractivity contribution in [1.82, 2.24) is 24.8 Å². The van der Waals surface area contributed by atoms with Gasteiger partial charge in [-0.15, -0.1) is 0 Å². The SMILES string of the molecule is Cc1cccc(C)c1-c1cc2nc(n1)NS(=O)(=O)c1cccc(c1)C(=O)N(Cc1cncc(N3CC(C)(C)[C@@H]3C(C)C)n1)[C@H](CC(C)(C)C)CO2. The average Bonchev–Trinajstić information content (AvgIpc) is 3.03. The molecule has 2 aromatic carbocycles. The number of carbonyl (C=O) groups is 1. The molecule has 0 radical (unpaired) electrons. The van der Waals surface area contributed by atoms with Crippen LogP contribution in [0.15, 0.2) is 65.8 Å². The molecule has 4 aromatic rings. The minimum absolute atomic E-state index is 0.0784. The highest BCUT2D eigenvalue weighted by Gasteiger charge is 2.47. The first-order valence-electron chi connectivity index (χ1n) is 17.5. The summed E-state index contributed by atoms with van der Waals surface area (Å²) in [7, 11) is -4.18. The van der Waals surface area contributed by atoms with Gasteiger partial charge in [-0.3, -0.25) is 9.78 Å². The molecule has 51 heavy (non-hydrogen) atoms. The van der Waals surface area contributed by atoms with Gasteiger partial charge in [0, 0.05) is 35.2 Å². The van der Waals surface area contributed by atoms with Crippen molar-refractivity contribution in [2.24, 2.45) is 16.7 Å². The number of carbonyl (C=O) groups excluding carboxylic acids is 1. The number of aromatic nitrogens is 4. The molecule has 0 spiro atoms. The van der Waals surface area contributed by atoms with Crippen LogP contribution in [0.25, 0.3) is 11.3 Å². The Morgan fingerprint density at radius 3 is 2.37 bits per heavy atom. The van der Waals surface area contributed by atoms with E-state index < -0.39 is 16.1 Å². The summed E-state index contributed by atoms with van der Waals surface area (Å²) in [4.78, 5) is 37.3. The number of fused-ring (bicyclic) bond motifs is 4. The molecule has 4 heterocycles. The average molecular weight is 712 g/mol. The zero-order valence-corrected chi connectivity index (χ0v) is 31.9. The monoisotopic (exact) mass is 711 g/mol. The van der Waals surface area contributed by atoms with Gasteiger partial charge in [0.05, 0.1) is 41.3 Å². The summed E-state index contributed by atoms with van der Waals surface area (Å²) in [5, 5.41) is 0. The maximum absolute atomic E-state index is 14.6. The largest absolute Gasteiger partial charge is 0.475 e. The van der Waals surface area contributed by atoms with E-state index in [0.717, 1.165) is 29.1 Å². The van der Waals surface area contributed by atoms with Crippen molar-refractivity contribution in [2.75, 3.05) is 22.8 Å². The van der Waals surface area contributed by atoms with E-state index >= 15 is 0 Å². The Bertz CT molecular complexity index is 2040. The number of sulfonamides is 1. The quantitative estimate of drug-likeness (QED) is 0.223. The molecule has 2 aromatic heterocycles. The van der Waals surface area contributed by atoms with E-state index in [1.54, 1.807) is 35.5 Å². The van der Waals surface area contributed by atoms with Gasteiger partial charge in [0.1, 0.15) is 12.4 Å². The first-order chi connectivity index (χ1) is 23.9. The van der Waals surface area contributed by atoms with E-state index in [1.807, 2.05) is 32.0 Å². The van der Waals surface area contributed by atoms with Crippen molar-refractivity contribution in [3.8, 4) is 17.1 Å². The molecule has 12 heteroatoms. The molecule has 6 rings (SSSR count). The number of aryl methyl sites for hydroxylation is 2. The molecule has 0 aliphatic carbocycles. The van der Waals surface area contributed by atoms with E-state index in [-0.39, 0.29) is 52.2 Å². The summed E-state index contributed by atoms with van der Waals surface area (Å²) in [6.45, 7) is 20.4. The fourth-order valence-electron chi connectivity index (χ4n) is 7.76. The molecule has 1 N–H and O–H groups in total. The van der Waals surface area contributed by atoms with Gasteiger partial charge in [-0.2, -0.15) is 4.98 Å². The number of rotatable bonds is 6. The highest BCUT2D eigenvalue weighted by Crippen LogP contribution is 2.43. The van der Waals surface area contributed by atoms with Crippen LogP contribution in [0.5, 0.6) is 5.88 Å². The van der Waals surface area contributed by atoms with Gasteiger partial charge in [0.15, 0.2) is 0 Å². The van der Waals surface area contributed by atoms with Gasteiger partial charge in [-0.25, -0.2) is 23.1 Å². The van der Waals surface area contributed by atoms with Gasteiger partial charge in [-0.05, 0) is 60.9 Å². The van der Waals surface area contributed by atoms with Gasteiger partial charge < -0.3 is 14.5 Å². The van der Waals surface area contributed by atoms with Crippen LogP contribution in [0, 0.1) is 30.6 Å². The molecule has 0 saturated carbocycles. The summed E-state index contributed by atoms with van der Waals surface area (Å²) in [6, 6.07) is 13.6. The molecule has 1 amide bonds. The van der Waals surface area contributed by atoms with Crippen molar-refractivity contribution in [3.63, 3.8) is 0 Å². The Hall–Kier alpha value is -4.58. The number of benzene rings is 2. The fraction of sp³-hybridized carbons (Fsp3) is 0.462. The van der Waals surface area contributed by atoms with Crippen LogP contribution >= 0.6 is 0 Å². The highest BCUT2D eigenvalue weighted by atomic mass is 32.2. The van der Waals surface area contributed by atoms with Gasteiger partial charge >= 0.3 is 0 Å². The minimum Gasteiger partial charge on any atom is -0.475 e. The van der Waals surface area contributed by atoms with Crippen LogP contribution in [0.1, 0.15) is 82.1 Å². The van der Waals surface area contributed by atoms with Crippen LogP contribution in [-0.4, -0.2) is 64.4 Å². The minimum atomic E-state index is -4.18. The Morgan fingerprint density at radius 1 is 1.00 bits per heavy atom. The molecule has 1 fully saturated rings. The number of anilines is 2. The summed E-state index contributed by atoms with van der Waals surface area (Å²) in [6.07, 6.45) is 4.06. The Kier molecular flexibility index (Phi) is 9.60. The second kappa shape index (κ2) is 13.5. The number of hydrogen-bond acceptors (Lipinski definition) is 9. The van der Waals surface area contributed by atoms with E-state index in [0.29, 0.717) is 29.8 Å². The number of ether oxygens (including phenoxy) is 1. The Balaban J connectivity index is 1.45. The first kappa shape index (κ1) is 36.2. The second-order valence-corrected chi connectivity index (χ2v) is 17.8. The van der Waals surface area contributed by atoms with Crippen LogP contribution in [-0.2, 0) is 16.6 Å². The number of hydrogen-bond donors (Lipinski definition) is 1. The zero-order valence-electron chi connectivity index (χ0n) is 31.1. The Labute approximate surface area is 302 Å². The predicted octanol–water partition coefficient (Wildman–Crippen LogP) is 7.06. The van der Waals surface area contributed by atoms with E-state index in [9.17, 15) is 13.2 Å². The molecular formula is C39H49N7O4S. The molecular weight excluding hydrogens is 663 g/mol. The summed E-state index contributed by atoms with van der Waals surface area (Å²) in [5.74, 6) is 0.935. The predicted molar refractivity (Wildman–Crippen MR) is 199 cm³/mol. The maximum Gasteiger partial charge on any atom is 0.264 e. The molecule has 4 bridgehead atoms. The summed E-state index contributed by atoms with van der Waals surface area (Å²) < 4.78 is 36.5. The maximum atomic E-state index is 14.6. The second-order valence-electron chi connectivity index (χ2n) is 16.2. The van der Waals surface area contributed by atoms with Crippen molar-refractivity contribution < 1.29 is 17.9 Å². The smallest absolute Gasteiger partial charge is 0.264 e. The molecule has 1 saturated heterocycles. The molecule has 2 atom stereocenters. The first-order valence-corrected chi connectivity index (χ1v) is 19.0. The van der Waals surface area contributed by atoms with Gasteiger partial charge in [0.2, 0.25) is 11.8 Å². The summed E-state index contributed by atoms with van der Waals surface area (Å²) in [5.41, 5.74) is 4.15. The lowest BCUT2D eigenvalue weighted by Gasteiger charge is -2.57. The molecule has 0 unspecified atom stereocenters. The fourth-order valence-corrected chi connectivity index (χ4v) is 8.75. The van der Waals surface area contributed by atoms with E-state index in [2.05, 4.69) is 73.0 Å².